The first-order valence-electron chi connectivity index (χ1n) is 10.0. The van der Waals surface area contributed by atoms with Gasteiger partial charge in [0.25, 0.3) is 0 Å². The number of hydrogen-bond donors (Lipinski definition) is 0. The fourth-order valence-corrected chi connectivity index (χ4v) is 4.30. The van der Waals surface area contributed by atoms with Crippen LogP contribution in [0.5, 0.6) is 11.5 Å². The summed E-state index contributed by atoms with van der Waals surface area (Å²) in [5.74, 6) is 6.80. The zero-order valence-electron chi connectivity index (χ0n) is 18.6. The highest BCUT2D eigenvalue weighted by Crippen LogP contribution is 2.28. The highest BCUT2D eigenvalue weighted by Gasteiger charge is 2.29. The molecule has 0 N–H and O–H groups in total. The van der Waals surface area contributed by atoms with Crippen molar-refractivity contribution < 1.29 is 22.7 Å². The fraction of sp³-hybridized carbons (Fsp3) is 0.375. The predicted molar refractivity (Wildman–Crippen MR) is 126 cm³/mol. The second-order valence-electron chi connectivity index (χ2n) is 7.51. The fourth-order valence-electron chi connectivity index (χ4n) is 3.05. The van der Waals surface area contributed by atoms with Crippen molar-refractivity contribution in [1.82, 2.24) is 4.31 Å². The average Bonchev–Trinajstić information content (AvgIpc) is 2.74. The first-order valence-corrected chi connectivity index (χ1v) is 12.3. The summed E-state index contributed by atoms with van der Waals surface area (Å²) in [6, 6.07) is 11.8. The Morgan fingerprint density at radius 2 is 1.78 bits per heavy atom. The SMILES string of the molecule is COc1cc(CCN([C@H]([C]=O)C(C)C)S(C)(=O)=O)ccc1OCC#Cc1ccc(Cl)cc1. The summed E-state index contributed by atoms with van der Waals surface area (Å²) < 4.78 is 36.7. The zero-order valence-corrected chi connectivity index (χ0v) is 20.2. The van der Waals surface area contributed by atoms with E-state index in [9.17, 15) is 13.2 Å². The largest absolute Gasteiger partial charge is 0.493 e. The zero-order chi connectivity index (χ0) is 23.7. The second kappa shape index (κ2) is 11.9. The molecule has 6 nitrogen and oxygen atoms in total. The van der Waals surface area contributed by atoms with Crippen LogP contribution in [0.2, 0.25) is 5.02 Å². The highest BCUT2D eigenvalue weighted by atomic mass is 35.5. The Morgan fingerprint density at radius 3 is 2.34 bits per heavy atom. The molecular weight excluding hydrogens is 450 g/mol. The Kier molecular flexibility index (Phi) is 9.58. The molecule has 0 heterocycles. The van der Waals surface area contributed by atoms with Gasteiger partial charge in [-0.2, -0.15) is 4.31 Å². The molecule has 0 bridgehead atoms. The van der Waals surface area contributed by atoms with E-state index in [0.29, 0.717) is 22.9 Å². The van der Waals surface area contributed by atoms with Gasteiger partial charge in [0.15, 0.2) is 11.5 Å². The van der Waals surface area contributed by atoms with Crippen LogP contribution in [0.15, 0.2) is 42.5 Å². The van der Waals surface area contributed by atoms with Gasteiger partial charge in [-0.05, 0) is 54.3 Å². The third kappa shape index (κ3) is 7.56. The summed E-state index contributed by atoms with van der Waals surface area (Å²) in [7, 11) is -2.03. The molecule has 0 saturated carbocycles. The van der Waals surface area contributed by atoms with E-state index in [0.717, 1.165) is 17.4 Å². The van der Waals surface area contributed by atoms with Crippen molar-refractivity contribution in [2.75, 3.05) is 26.5 Å². The van der Waals surface area contributed by atoms with Gasteiger partial charge in [0, 0.05) is 17.1 Å². The van der Waals surface area contributed by atoms with Gasteiger partial charge in [-0.1, -0.05) is 43.4 Å². The van der Waals surface area contributed by atoms with Crippen LogP contribution in [-0.2, 0) is 21.2 Å². The lowest BCUT2D eigenvalue weighted by Crippen LogP contribution is -2.44. The van der Waals surface area contributed by atoms with Crippen LogP contribution in [0.4, 0.5) is 0 Å². The van der Waals surface area contributed by atoms with Gasteiger partial charge in [-0.25, -0.2) is 8.42 Å². The minimum absolute atomic E-state index is 0.160. The molecule has 0 unspecified atom stereocenters. The molecule has 0 aliphatic heterocycles. The van der Waals surface area contributed by atoms with Crippen LogP contribution in [0.3, 0.4) is 0 Å². The maximum atomic E-state index is 12.2. The molecule has 0 fully saturated rings. The molecule has 0 aliphatic carbocycles. The molecule has 0 spiro atoms. The molecule has 1 atom stereocenters. The van der Waals surface area contributed by atoms with Gasteiger partial charge in [0.05, 0.1) is 19.4 Å². The van der Waals surface area contributed by atoms with E-state index in [1.165, 1.54) is 11.4 Å². The van der Waals surface area contributed by atoms with Gasteiger partial charge in [0.2, 0.25) is 16.3 Å². The van der Waals surface area contributed by atoms with E-state index in [4.69, 9.17) is 21.1 Å². The van der Waals surface area contributed by atoms with Gasteiger partial charge in [0.1, 0.15) is 6.61 Å². The standard InChI is InChI=1S/C24H27ClNO5S/c1-18(2)22(17-27)26(32(4,28)29)14-13-20-9-12-23(24(16-20)30-3)31-15-5-6-19-7-10-21(25)11-8-19/h7-12,16,18,22H,13-15H2,1-4H3/t22-/m1/s1. The summed E-state index contributed by atoms with van der Waals surface area (Å²) in [4.78, 5) is 11.3. The van der Waals surface area contributed by atoms with Crippen molar-refractivity contribution in [3.8, 4) is 23.3 Å². The van der Waals surface area contributed by atoms with Gasteiger partial charge in [-0.3, -0.25) is 4.79 Å². The minimum atomic E-state index is -3.56. The molecule has 2 rings (SSSR count). The highest BCUT2D eigenvalue weighted by molar-refractivity contribution is 7.88. The lowest BCUT2D eigenvalue weighted by molar-refractivity contribution is 0.313. The van der Waals surface area contributed by atoms with Crippen LogP contribution in [0.25, 0.3) is 0 Å². The Balaban J connectivity index is 2.06. The van der Waals surface area contributed by atoms with E-state index in [-0.39, 0.29) is 19.1 Å². The molecule has 1 radical (unpaired) electrons. The third-order valence-corrected chi connectivity index (χ3v) is 6.23. The van der Waals surface area contributed by atoms with Crippen LogP contribution in [0, 0.1) is 17.8 Å². The van der Waals surface area contributed by atoms with Gasteiger partial charge >= 0.3 is 0 Å². The molecule has 8 heteroatoms. The molecule has 32 heavy (non-hydrogen) atoms. The summed E-state index contributed by atoms with van der Waals surface area (Å²) in [5, 5.41) is 0.653. The van der Waals surface area contributed by atoms with Crippen molar-refractivity contribution in [3.63, 3.8) is 0 Å². The molecule has 0 saturated heterocycles. The molecule has 2 aromatic rings. The lowest BCUT2D eigenvalue weighted by atomic mass is 10.1. The number of methoxy groups -OCH3 is 1. The Bertz CT molecular complexity index is 1070. The van der Waals surface area contributed by atoms with Gasteiger partial charge in [-0.15, -0.1) is 0 Å². The molecule has 2 aromatic carbocycles. The quantitative estimate of drug-likeness (QED) is 0.489. The maximum absolute atomic E-state index is 12.2. The van der Waals surface area contributed by atoms with E-state index in [1.54, 1.807) is 38.1 Å². The van der Waals surface area contributed by atoms with E-state index >= 15 is 0 Å². The maximum Gasteiger partial charge on any atom is 0.218 e. The van der Waals surface area contributed by atoms with Crippen molar-refractivity contribution in [2.45, 2.75) is 26.3 Å². The smallest absolute Gasteiger partial charge is 0.218 e. The molecular formula is C24H27ClNO5S. The summed E-state index contributed by atoms with van der Waals surface area (Å²) in [6.45, 7) is 3.91. The van der Waals surface area contributed by atoms with Crippen molar-refractivity contribution in [1.29, 1.82) is 0 Å². The van der Waals surface area contributed by atoms with Crippen molar-refractivity contribution in [3.05, 3.63) is 58.6 Å². The van der Waals surface area contributed by atoms with Crippen LogP contribution in [0.1, 0.15) is 25.0 Å². The third-order valence-electron chi connectivity index (χ3n) is 4.71. The molecule has 0 amide bonds. The number of benzene rings is 2. The van der Waals surface area contributed by atoms with Crippen molar-refractivity contribution >= 4 is 27.9 Å². The lowest BCUT2D eigenvalue weighted by Gasteiger charge is -2.27. The Morgan fingerprint density at radius 1 is 1.09 bits per heavy atom. The predicted octanol–water partition coefficient (Wildman–Crippen LogP) is 3.72. The molecule has 0 aliphatic rings. The molecule has 171 valence electrons. The average molecular weight is 477 g/mol. The monoisotopic (exact) mass is 476 g/mol. The summed E-state index contributed by atoms with van der Waals surface area (Å²) >= 11 is 5.86. The number of nitrogens with zero attached hydrogens (tertiary/aromatic N) is 1. The normalized spacial score (nSPS) is 12.2. The van der Waals surface area contributed by atoms with E-state index in [2.05, 4.69) is 11.8 Å². The second-order valence-corrected chi connectivity index (χ2v) is 9.88. The Hall–Kier alpha value is -2.53. The first-order chi connectivity index (χ1) is 15.2. The first kappa shape index (κ1) is 25.7. The number of rotatable bonds is 10. The van der Waals surface area contributed by atoms with Crippen LogP contribution < -0.4 is 9.47 Å². The summed E-state index contributed by atoms with van der Waals surface area (Å²) in [5.41, 5.74) is 1.69. The van der Waals surface area contributed by atoms with Gasteiger partial charge < -0.3 is 9.47 Å². The number of halogens is 1. The number of sulfonamides is 1. The number of hydrogen-bond acceptors (Lipinski definition) is 5. The van der Waals surface area contributed by atoms with E-state index in [1.807, 2.05) is 24.5 Å². The molecule has 0 aromatic heterocycles. The Labute approximate surface area is 195 Å². The number of ether oxygens (including phenoxy) is 2. The number of carbonyl (C=O) groups excluding carboxylic acids is 1. The van der Waals surface area contributed by atoms with Crippen LogP contribution in [-0.4, -0.2) is 51.6 Å². The van der Waals surface area contributed by atoms with Crippen molar-refractivity contribution in [2.24, 2.45) is 5.92 Å². The van der Waals surface area contributed by atoms with E-state index < -0.39 is 16.1 Å². The topological polar surface area (TPSA) is 72.9 Å². The van der Waals surface area contributed by atoms with Crippen LogP contribution >= 0.6 is 11.6 Å². The minimum Gasteiger partial charge on any atom is -0.493 e. The summed E-state index contributed by atoms with van der Waals surface area (Å²) in [6.07, 6.45) is 3.36.